The van der Waals surface area contributed by atoms with Crippen molar-refractivity contribution in [2.24, 2.45) is 11.8 Å². The maximum Gasteiger partial charge on any atom is 0.351 e. The molecule has 0 bridgehead atoms. The van der Waals surface area contributed by atoms with E-state index >= 15 is 13.2 Å². The second kappa shape index (κ2) is 16.8. The molecule has 1 aliphatic heterocycles. The highest BCUT2D eigenvalue weighted by Crippen LogP contribution is 2.34. The molecule has 0 spiro atoms. The number of nitrogens with zero attached hydrogens (tertiary/aromatic N) is 5. The molecule has 3 N–H and O–H groups in total. The summed E-state index contributed by atoms with van der Waals surface area (Å²) >= 11 is 0.875. The Balaban J connectivity index is 1.35. The van der Waals surface area contributed by atoms with Gasteiger partial charge in [0.1, 0.15) is 28.5 Å². The molecule has 1 saturated carbocycles. The first-order valence-corrected chi connectivity index (χ1v) is 17.9. The van der Waals surface area contributed by atoms with Crippen LogP contribution in [0.3, 0.4) is 0 Å². The number of pyridine rings is 1. The first-order chi connectivity index (χ1) is 24.8. The van der Waals surface area contributed by atoms with Crippen molar-refractivity contribution in [1.29, 1.82) is 0 Å². The molecule has 5 rings (SSSR count). The number of piperazine rings is 1. The molecule has 3 aromatic rings. The second-order valence-corrected chi connectivity index (χ2v) is 14.3. The Kier molecular flexibility index (Phi) is 12.5. The molecule has 3 heterocycles. The number of aromatic nitrogens is 3. The molecule has 1 saturated heterocycles. The summed E-state index contributed by atoms with van der Waals surface area (Å²) in [6.45, 7) is 5.95. The molecule has 2 fully saturated rings. The van der Waals surface area contributed by atoms with E-state index in [0.29, 0.717) is 50.5 Å². The van der Waals surface area contributed by atoms with Crippen LogP contribution in [0.2, 0.25) is 0 Å². The molecule has 1 aromatic carbocycles. The predicted molar refractivity (Wildman–Crippen MR) is 186 cm³/mol. The van der Waals surface area contributed by atoms with Gasteiger partial charge in [0.15, 0.2) is 0 Å². The standard InChI is InChI=1S/C35H43F3N8O5S/c1-20-5-7-22(8-6-20)30(43-34(50)35(37,38)24-16-25(51-4)18-39-17-24)32(48)41-27-10-9-23(15-26(27)36)21(2)29(42-31(47)28-19-40-44-52-28)33(49)46-13-11-45(3)12-14-46/h9-10,15-22,29-30H,5-8,11-14H2,1-4H3,(H,41,48)(H,42,47)(H,43,50)/t20-,21-,22-,29+,30-/m0/s1. The number of anilines is 1. The minimum atomic E-state index is -4.05. The first kappa shape index (κ1) is 38.6. The minimum Gasteiger partial charge on any atom is -0.495 e. The van der Waals surface area contributed by atoms with Gasteiger partial charge in [-0.15, -0.1) is 5.10 Å². The molecule has 3 atom stereocenters. The van der Waals surface area contributed by atoms with Crippen LogP contribution in [0.4, 0.5) is 18.9 Å². The zero-order chi connectivity index (χ0) is 37.6. The van der Waals surface area contributed by atoms with E-state index in [-0.39, 0.29) is 22.2 Å². The molecule has 0 radical (unpaired) electrons. The number of hydrogen-bond donors (Lipinski definition) is 3. The zero-order valence-electron chi connectivity index (χ0n) is 29.4. The van der Waals surface area contributed by atoms with Crippen LogP contribution in [-0.4, -0.2) is 100 Å². The van der Waals surface area contributed by atoms with Crippen LogP contribution in [0, 0.1) is 17.7 Å². The highest BCUT2D eigenvalue weighted by atomic mass is 32.1. The van der Waals surface area contributed by atoms with Crippen LogP contribution in [-0.2, 0) is 20.3 Å². The Morgan fingerprint density at radius 1 is 1.00 bits per heavy atom. The molecule has 2 aliphatic rings. The van der Waals surface area contributed by atoms with Crippen LogP contribution >= 0.6 is 11.5 Å². The Labute approximate surface area is 303 Å². The number of alkyl halides is 2. The third-order valence-electron chi connectivity index (χ3n) is 9.93. The molecule has 52 heavy (non-hydrogen) atoms. The summed E-state index contributed by atoms with van der Waals surface area (Å²) in [7, 11) is 3.23. The van der Waals surface area contributed by atoms with Gasteiger partial charge in [0.25, 0.3) is 11.8 Å². The maximum atomic E-state index is 15.8. The Hall–Kier alpha value is -4.64. The average Bonchev–Trinajstić information content (AvgIpc) is 3.69. The van der Waals surface area contributed by atoms with Crippen LogP contribution in [0.25, 0.3) is 0 Å². The van der Waals surface area contributed by atoms with E-state index in [0.717, 1.165) is 42.7 Å². The van der Waals surface area contributed by atoms with Crippen molar-refractivity contribution in [2.75, 3.05) is 45.7 Å². The predicted octanol–water partition coefficient (Wildman–Crippen LogP) is 3.80. The molecule has 17 heteroatoms. The highest BCUT2D eigenvalue weighted by molar-refractivity contribution is 7.07. The van der Waals surface area contributed by atoms with Gasteiger partial charge in [-0.3, -0.25) is 24.2 Å². The number of benzene rings is 1. The van der Waals surface area contributed by atoms with E-state index in [2.05, 4.69) is 42.3 Å². The molecular formula is C35H43F3N8O5S. The van der Waals surface area contributed by atoms with Gasteiger partial charge in [0, 0.05) is 38.3 Å². The number of ether oxygens (including phenoxy) is 1. The normalized spacial score (nSPS) is 19.9. The fourth-order valence-electron chi connectivity index (χ4n) is 6.50. The number of amides is 4. The van der Waals surface area contributed by atoms with Crippen molar-refractivity contribution < 1.29 is 37.1 Å². The van der Waals surface area contributed by atoms with Crippen molar-refractivity contribution >= 4 is 40.8 Å². The molecule has 0 unspecified atom stereocenters. The van der Waals surface area contributed by atoms with E-state index in [1.54, 1.807) is 11.8 Å². The molecule has 280 valence electrons. The lowest BCUT2D eigenvalue weighted by Crippen LogP contribution is -2.55. The van der Waals surface area contributed by atoms with E-state index < -0.39 is 58.9 Å². The number of hydrogen-bond acceptors (Lipinski definition) is 10. The Morgan fingerprint density at radius 2 is 1.71 bits per heavy atom. The summed E-state index contributed by atoms with van der Waals surface area (Å²) in [5, 5.41) is 11.2. The van der Waals surface area contributed by atoms with Crippen LogP contribution in [0.15, 0.2) is 42.9 Å². The maximum absolute atomic E-state index is 15.8. The molecule has 13 nitrogen and oxygen atoms in total. The molecule has 2 aromatic heterocycles. The van der Waals surface area contributed by atoms with Crippen molar-refractivity contribution in [3.8, 4) is 5.75 Å². The number of halogens is 3. The Bertz CT molecular complexity index is 1730. The van der Waals surface area contributed by atoms with Crippen LogP contribution in [0.5, 0.6) is 5.75 Å². The fourth-order valence-corrected chi connectivity index (χ4v) is 6.92. The first-order valence-electron chi connectivity index (χ1n) is 17.1. The SMILES string of the molecule is COc1cncc(C(F)(F)C(=O)N[C@H](C(=O)Nc2ccc([C@H](C)[C@@H](NC(=O)c3cnns3)C(=O)N3CCN(C)CC3)cc2F)[C@H]2CC[C@H](C)CC2)c1. The summed E-state index contributed by atoms with van der Waals surface area (Å²) < 4.78 is 55.2. The molecule has 1 aliphatic carbocycles. The lowest BCUT2D eigenvalue weighted by atomic mass is 9.79. The summed E-state index contributed by atoms with van der Waals surface area (Å²) in [4.78, 5) is 61.2. The summed E-state index contributed by atoms with van der Waals surface area (Å²) in [5.41, 5.74) is -0.584. The third-order valence-corrected chi connectivity index (χ3v) is 10.6. The lowest BCUT2D eigenvalue weighted by molar-refractivity contribution is -0.149. The van der Waals surface area contributed by atoms with E-state index in [9.17, 15) is 19.2 Å². The van der Waals surface area contributed by atoms with Gasteiger partial charge in [-0.25, -0.2) is 4.39 Å². The third kappa shape index (κ3) is 9.04. The van der Waals surface area contributed by atoms with Crippen LogP contribution < -0.4 is 20.7 Å². The molecular weight excluding hydrogens is 701 g/mol. The zero-order valence-corrected chi connectivity index (χ0v) is 30.2. The van der Waals surface area contributed by atoms with E-state index in [1.807, 2.05) is 7.05 Å². The quantitative estimate of drug-likeness (QED) is 0.251. The monoisotopic (exact) mass is 744 g/mol. The van der Waals surface area contributed by atoms with Gasteiger partial charge in [0.2, 0.25) is 11.8 Å². The largest absolute Gasteiger partial charge is 0.495 e. The van der Waals surface area contributed by atoms with Crippen molar-refractivity contribution in [1.82, 2.24) is 35.0 Å². The number of carbonyl (C=O) groups is 4. The van der Waals surface area contributed by atoms with Gasteiger partial charge in [-0.1, -0.05) is 37.2 Å². The fraction of sp³-hybridized carbons (Fsp3) is 0.514. The van der Waals surface area contributed by atoms with E-state index in [4.69, 9.17) is 4.74 Å². The highest BCUT2D eigenvalue weighted by Gasteiger charge is 2.45. The van der Waals surface area contributed by atoms with Crippen LogP contribution in [0.1, 0.15) is 66.2 Å². The van der Waals surface area contributed by atoms with E-state index in [1.165, 1.54) is 31.6 Å². The van der Waals surface area contributed by atoms with Gasteiger partial charge in [0.05, 0.1) is 30.8 Å². The minimum absolute atomic E-state index is 0.0308. The number of carbonyl (C=O) groups excluding carboxylic acids is 4. The van der Waals surface area contributed by atoms with Gasteiger partial charge in [-0.2, -0.15) is 8.78 Å². The van der Waals surface area contributed by atoms with Crippen molar-refractivity contribution in [3.63, 3.8) is 0 Å². The number of rotatable bonds is 12. The summed E-state index contributed by atoms with van der Waals surface area (Å²) in [5.74, 6) is -9.10. The lowest BCUT2D eigenvalue weighted by Gasteiger charge is -2.36. The van der Waals surface area contributed by atoms with Crippen molar-refractivity contribution in [3.05, 3.63) is 64.7 Å². The topological polar surface area (TPSA) is 159 Å². The second-order valence-electron chi connectivity index (χ2n) is 13.5. The average molecular weight is 745 g/mol. The molecule has 4 amide bonds. The Morgan fingerprint density at radius 3 is 2.35 bits per heavy atom. The number of likely N-dealkylation sites (N-methyl/N-ethyl adjacent to an activating group) is 1. The van der Waals surface area contributed by atoms with Gasteiger partial charge < -0.3 is 30.5 Å². The smallest absolute Gasteiger partial charge is 0.351 e. The number of nitrogens with one attached hydrogen (secondary N) is 3. The summed E-state index contributed by atoms with van der Waals surface area (Å²) in [6.07, 6.45) is 5.81. The van der Waals surface area contributed by atoms with Gasteiger partial charge >= 0.3 is 5.92 Å². The van der Waals surface area contributed by atoms with Crippen molar-refractivity contribution in [2.45, 2.75) is 63.5 Å². The van der Waals surface area contributed by atoms with Gasteiger partial charge in [-0.05, 0) is 67.0 Å². The summed E-state index contributed by atoms with van der Waals surface area (Å²) in [6, 6.07) is 2.53. The number of methoxy groups -OCH3 is 1.